The highest BCUT2D eigenvalue weighted by Gasteiger charge is 2.22. The minimum atomic E-state index is 0.141. The molecule has 0 saturated heterocycles. The number of fused-ring (bicyclic) bond motifs is 1. The van der Waals surface area contributed by atoms with Crippen LogP contribution in [0.25, 0.3) is 10.9 Å². The van der Waals surface area contributed by atoms with E-state index in [0.717, 1.165) is 29.4 Å². The molecule has 0 unspecified atom stereocenters. The van der Waals surface area contributed by atoms with Gasteiger partial charge >= 0.3 is 0 Å². The quantitative estimate of drug-likeness (QED) is 0.674. The van der Waals surface area contributed by atoms with E-state index in [4.69, 9.17) is 5.73 Å². The first kappa shape index (κ1) is 15.7. The maximum atomic E-state index is 6.18. The van der Waals surface area contributed by atoms with Gasteiger partial charge in [-0.05, 0) is 37.1 Å². The number of nitrogens with one attached hydrogen (secondary N) is 2. The Labute approximate surface area is 146 Å². The van der Waals surface area contributed by atoms with Gasteiger partial charge in [-0.3, -0.25) is 4.98 Å². The SMILES string of the molecule is N[C@H]1CCCC[C@H]1Nc1nncc(Nc2ccc3ncccc3c2)n1. The molecule has 2 heterocycles. The van der Waals surface area contributed by atoms with Crippen LogP contribution in [0.5, 0.6) is 0 Å². The van der Waals surface area contributed by atoms with Gasteiger partial charge in [0, 0.05) is 29.4 Å². The topological polar surface area (TPSA) is 102 Å². The maximum absolute atomic E-state index is 6.18. The van der Waals surface area contributed by atoms with Crippen LogP contribution in [0.15, 0.2) is 42.7 Å². The average molecular weight is 335 g/mol. The number of aromatic nitrogens is 4. The van der Waals surface area contributed by atoms with E-state index in [1.54, 1.807) is 12.4 Å². The van der Waals surface area contributed by atoms with E-state index in [-0.39, 0.29) is 12.1 Å². The summed E-state index contributed by atoms with van der Waals surface area (Å²) in [6.45, 7) is 0. The molecule has 4 rings (SSSR count). The summed E-state index contributed by atoms with van der Waals surface area (Å²) in [7, 11) is 0. The number of anilines is 3. The molecule has 1 saturated carbocycles. The third-order valence-corrected chi connectivity index (χ3v) is 4.57. The van der Waals surface area contributed by atoms with Gasteiger partial charge in [0.15, 0.2) is 5.82 Å². The van der Waals surface area contributed by atoms with Gasteiger partial charge in [-0.1, -0.05) is 18.9 Å². The Hall–Kier alpha value is -2.80. The molecule has 0 radical (unpaired) electrons. The molecular weight excluding hydrogens is 314 g/mol. The van der Waals surface area contributed by atoms with Gasteiger partial charge < -0.3 is 16.4 Å². The first-order valence-electron chi connectivity index (χ1n) is 8.61. The average Bonchev–Trinajstić information content (AvgIpc) is 2.64. The number of hydrogen-bond donors (Lipinski definition) is 3. The van der Waals surface area contributed by atoms with Gasteiger partial charge in [-0.25, -0.2) is 0 Å². The molecule has 0 spiro atoms. The van der Waals surface area contributed by atoms with Crippen LogP contribution in [0.1, 0.15) is 25.7 Å². The Morgan fingerprint density at radius 1 is 1.12 bits per heavy atom. The summed E-state index contributed by atoms with van der Waals surface area (Å²) in [5.74, 6) is 1.15. The van der Waals surface area contributed by atoms with Gasteiger partial charge in [0.05, 0.1) is 11.7 Å². The molecule has 128 valence electrons. The first-order chi connectivity index (χ1) is 12.3. The van der Waals surface area contributed by atoms with Gasteiger partial charge in [0.2, 0.25) is 5.95 Å². The van der Waals surface area contributed by atoms with Crippen molar-refractivity contribution in [1.82, 2.24) is 20.2 Å². The Bertz CT molecular complexity index is 867. The molecule has 1 fully saturated rings. The molecule has 7 nitrogen and oxygen atoms in total. The minimum absolute atomic E-state index is 0.141. The highest BCUT2D eigenvalue weighted by Crippen LogP contribution is 2.22. The Morgan fingerprint density at radius 2 is 2.04 bits per heavy atom. The number of pyridine rings is 1. The molecule has 0 bridgehead atoms. The summed E-state index contributed by atoms with van der Waals surface area (Å²) in [5, 5.41) is 15.8. The van der Waals surface area contributed by atoms with Gasteiger partial charge in [-0.15, -0.1) is 5.10 Å². The summed E-state index contributed by atoms with van der Waals surface area (Å²) in [6, 6.07) is 10.3. The van der Waals surface area contributed by atoms with Crippen LogP contribution in [0.4, 0.5) is 17.5 Å². The summed E-state index contributed by atoms with van der Waals surface area (Å²) in [4.78, 5) is 8.84. The lowest BCUT2D eigenvalue weighted by molar-refractivity contribution is 0.402. The van der Waals surface area contributed by atoms with Crippen molar-refractivity contribution in [3.8, 4) is 0 Å². The van der Waals surface area contributed by atoms with Crippen molar-refractivity contribution in [3.63, 3.8) is 0 Å². The zero-order valence-corrected chi connectivity index (χ0v) is 13.9. The van der Waals surface area contributed by atoms with Crippen molar-refractivity contribution in [3.05, 3.63) is 42.7 Å². The van der Waals surface area contributed by atoms with Crippen molar-refractivity contribution in [2.24, 2.45) is 5.73 Å². The van der Waals surface area contributed by atoms with E-state index in [9.17, 15) is 0 Å². The predicted molar refractivity (Wildman–Crippen MR) is 98.7 cm³/mol. The second-order valence-corrected chi connectivity index (χ2v) is 6.40. The largest absolute Gasteiger partial charge is 0.349 e. The van der Waals surface area contributed by atoms with Crippen molar-refractivity contribution >= 4 is 28.4 Å². The van der Waals surface area contributed by atoms with Crippen molar-refractivity contribution in [2.75, 3.05) is 10.6 Å². The number of nitrogens with zero attached hydrogens (tertiary/aromatic N) is 4. The van der Waals surface area contributed by atoms with E-state index < -0.39 is 0 Å². The molecule has 7 heteroatoms. The lowest BCUT2D eigenvalue weighted by atomic mass is 9.91. The smallest absolute Gasteiger partial charge is 0.244 e. The van der Waals surface area contributed by atoms with Crippen LogP contribution in [-0.2, 0) is 0 Å². The number of nitrogens with two attached hydrogens (primary N) is 1. The van der Waals surface area contributed by atoms with Crippen LogP contribution < -0.4 is 16.4 Å². The summed E-state index contributed by atoms with van der Waals surface area (Å²) >= 11 is 0. The van der Waals surface area contributed by atoms with Crippen molar-refractivity contribution in [2.45, 2.75) is 37.8 Å². The Kier molecular flexibility index (Phi) is 4.39. The molecule has 1 aromatic carbocycles. The highest BCUT2D eigenvalue weighted by molar-refractivity contribution is 5.82. The molecule has 0 amide bonds. The molecule has 1 aliphatic rings. The minimum Gasteiger partial charge on any atom is -0.349 e. The number of rotatable bonds is 4. The molecule has 0 aliphatic heterocycles. The molecule has 1 aliphatic carbocycles. The lowest BCUT2D eigenvalue weighted by Crippen LogP contribution is -2.43. The van der Waals surface area contributed by atoms with Gasteiger partial charge in [0.25, 0.3) is 0 Å². The molecule has 2 atom stereocenters. The zero-order chi connectivity index (χ0) is 17.1. The van der Waals surface area contributed by atoms with Gasteiger partial charge in [-0.2, -0.15) is 10.1 Å². The summed E-state index contributed by atoms with van der Waals surface area (Å²) < 4.78 is 0. The van der Waals surface area contributed by atoms with E-state index in [0.29, 0.717) is 11.8 Å². The number of hydrogen-bond acceptors (Lipinski definition) is 7. The Morgan fingerprint density at radius 3 is 2.96 bits per heavy atom. The highest BCUT2D eigenvalue weighted by atomic mass is 15.3. The summed E-state index contributed by atoms with van der Waals surface area (Å²) in [5.41, 5.74) is 8.07. The van der Waals surface area contributed by atoms with Crippen LogP contribution in [0.2, 0.25) is 0 Å². The van der Waals surface area contributed by atoms with Crippen molar-refractivity contribution < 1.29 is 0 Å². The third-order valence-electron chi connectivity index (χ3n) is 4.57. The van der Waals surface area contributed by atoms with Crippen LogP contribution >= 0.6 is 0 Å². The van der Waals surface area contributed by atoms with E-state index in [1.165, 1.54) is 12.8 Å². The fourth-order valence-corrected chi connectivity index (χ4v) is 3.23. The molecular formula is C18H21N7. The van der Waals surface area contributed by atoms with Crippen LogP contribution in [-0.4, -0.2) is 32.2 Å². The first-order valence-corrected chi connectivity index (χ1v) is 8.61. The van der Waals surface area contributed by atoms with Crippen molar-refractivity contribution in [1.29, 1.82) is 0 Å². The fraction of sp³-hybridized carbons (Fsp3) is 0.333. The molecule has 4 N–H and O–H groups in total. The second kappa shape index (κ2) is 6.98. The van der Waals surface area contributed by atoms with Crippen LogP contribution in [0, 0.1) is 0 Å². The summed E-state index contributed by atoms with van der Waals surface area (Å²) in [6.07, 6.45) is 7.85. The fourth-order valence-electron chi connectivity index (χ4n) is 3.23. The predicted octanol–water partition coefficient (Wildman–Crippen LogP) is 2.85. The van der Waals surface area contributed by atoms with E-state index >= 15 is 0 Å². The van der Waals surface area contributed by atoms with E-state index in [2.05, 4.69) is 30.8 Å². The molecule has 3 aromatic rings. The standard InChI is InChI=1S/C18H21N7/c19-14-5-1-2-6-16(14)23-18-24-17(11-21-25-18)22-13-7-8-15-12(10-13)4-3-9-20-15/h3-4,7-11,14,16H,1-2,5-6,19H2,(H2,22,23,24,25)/t14-,16+/m0/s1. The monoisotopic (exact) mass is 335 g/mol. The number of benzene rings is 1. The van der Waals surface area contributed by atoms with Gasteiger partial charge in [0.1, 0.15) is 0 Å². The van der Waals surface area contributed by atoms with E-state index in [1.807, 2.05) is 30.3 Å². The zero-order valence-electron chi connectivity index (χ0n) is 13.9. The maximum Gasteiger partial charge on any atom is 0.244 e. The second-order valence-electron chi connectivity index (χ2n) is 6.40. The third kappa shape index (κ3) is 3.66. The molecule has 2 aromatic heterocycles. The lowest BCUT2D eigenvalue weighted by Gasteiger charge is -2.29. The van der Waals surface area contributed by atoms with Crippen LogP contribution in [0.3, 0.4) is 0 Å². The normalized spacial score (nSPS) is 20.4. The Balaban J connectivity index is 1.50. The molecule has 25 heavy (non-hydrogen) atoms.